The molecule has 4 unspecified atom stereocenters. The van der Waals surface area contributed by atoms with Gasteiger partial charge in [-0.1, -0.05) is 437 Å². The Morgan fingerprint density at radius 1 is 0.349 bits per heavy atom. The number of carbonyl (C=O) groups is 6. The van der Waals surface area contributed by atoms with E-state index in [-0.39, 0.29) is 111 Å². The normalized spacial score (nSPS) is 14.0. The highest BCUT2D eigenvalue weighted by atomic mass is 31.2. The van der Waals surface area contributed by atoms with Crippen LogP contribution in [0.1, 0.15) is 378 Å². The predicted octanol–water partition coefficient (Wildman–Crippen LogP) is 28.8. The number of alkyl carbamates (subject to hydrolysis) is 3. The maximum absolute atomic E-state index is 14.5. The van der Waals surface area contributed by atoms with Crippen molar-refractivity contribution < 1.29 is 88.1 Å². The molecule has 0 heterocycles. The van der Waals surface area contributed by atoms with Gasteiger partial charge in [-0.05, 0) is 140 Å². The van der Waals surface area contributed by atoms with E-state index in [4.69, 9.17) is 50.2 Å². The van der Waals surface area contributed by atoms with Gasteiger partial charge >= 0.3 is 33.9 Å². The van der Waals surface area contributed by atoms with Crippen molar-refractivity contribution in [2.75, 3.05) is 59.3 Å². The lowest BCUT2D eigenvalue weighted by atomic mass is 9.98. The minimum absolute atomic E-state index is 0.0244. The number of Topliss-reactive ketones (excluding diaryl/α,β-unsaturated/α-hetero) is 2. The lowest BCUT2D eigenvalue weighted by molar-refractivity contribution is -0.128. The third-order valence-corrected chi connectivity index (χ3v) is 39.5. The number of hydrogen-bond donors (Lipinski definition) is 4. The van der Waals surface area contributed by atoms with Gasteiger partial charge < -0.3 is 44.3 Å². The van der Waals surface area contributed by atoms with Crippen LogP contribution in [0.15, 0.2) is 195 Å². The summed E-state index contributed by atoms with van der Waals surface area (Å²) in [6.07, 6.45) is 42.3. The molecule has 27 heteroatoms. The Labute approximate surface area is 881 Å². The SMILES string of the molecule is C=CCOP(=O)(OCCNC(=O)OC(C)(C)C)OC[C@H](NC(=O)CCCCCCCCCCC)C(=O)CCCC(CCCCCCCCCCCCC)O[Si](c1ccccc1)(c1ccccc1)C(C)(C)C.C=CCOP(=O)(OCCNC(=O)OC(C)(C)C)OC[C@H](NC(=O)OCC1c2ccccc2-c2ccccc21)C(=O)CCCC(CCCCCCCCCCCCC)O[Si](c1ccccc1)(c1ccccc1)C(C)(C)C. The lowest BCUT2D eigenvalue weighted by Crippen LogP contribution is -2.67. The third kappa shape index (κ3) is 47.7. The Morgan fingerprint density at radius 2 is 0.644 bits per heavy atom. The number of nitrogens with one attached hydrogen (secondary N) is 4. The van der Waals surface area contributed by atoms with Gasteiger partial charge in [0.2, 0.25) is 5.91 Å². The van der Waals surface area contributed by atoms with E-state index in [1.165, 1.54) is 181 Å². The van der Waals surface area contributed by atoms with Gasteiger partial charge in [-0.3, -0.25) is 41.5 Å². The number of ether oxygens (including phenoxy) is 3. The van der Waals surface area contributed by atoms with Crippen LogP contribution < -0.4 is 42.0 Å². The Balaban J connectivity index is 0.000000447. The predicted molar refractivity (Wildman–Crippen MR) is 600 cm³/mol. The molecule has 814 valence electrons. The zero-order valence-electron chi connectivity index (χ0n) is 91.9. The van der Waals surface area contributed by atoms with Crippen LogP contribution in [0, 0.1) is 0 Å². The molecule has 146 heavy (non-hydrogen) atoms. The van der Waals surface area contributed by atoms with Crippen LogP contribution in [0.4, 0.5) is 14.4 Å². The second-order valence-corrected chi connectivity index (χ2v) is 54.9. The zero-order chi connectivity index (χ0) is 106. The number of rotatable bonds is 76. The van der Waals surface area contributed by atoms with Gasteiger partial charge in [-0.15, -0.1) is 13.2 Å². The van der Waals surface area contributed by atoms with Gasteiger partial charge in [0.1, 0.15) is 29.9 Å². The molecule has 1 aliphatic rings. The first-order chi connectivity index (χ1) is 70.0. The maximum atomic E-state index is 14.5. The number of phosphoric acid groups is 2. The summed E-state index contributed by atoms with van der Waals surface area (Å²) >= 11 is 0. The first-order valence-electron chi connectivity index (χ1n) is 55.3. The summed E-state index contributed by atoms with van der Waals surface area (Å²) in [6.45, 7) is 36.4. The van der Waals surface area contributed by atoms with E-state index in [2.05, 4.69) is 218 Å². The lowest BCUT2D eigenvalue weighted by Gasteiger charge is -2.45. The highest BCUT2D eigenvalue weighted by Gasteiger charge is 2.53. The quantitative estimate of drug-likeness (QED) is 0.00907. The van der Waals surface area contributed by atoms with Gasteiger partial charge in [0.25, 0.3) is 16.6 Å². The number of carbonyl (C=O) groups excluding carboxylic acids is 6. The van der Waals surface area contributed by atoms with E-state index in [9.17, 15) is 37.9 Å². The number of unbranched alkanes of at least 4 members (excludes halogenated alkanes) is 28. The van der Waals surface area contributed by atoms with Crippen LogP contribution in [0.2, 0.25) is 10.1 Å². The fourth-order valence-corrected chi connectivity index (χ4v) is 30.8. The Bertz CT molecular complexity index is 4630. The summed E-state index contributed by atoms with van der Waals surface area (Å²) < 4.78 is 93.8. The van der Waals surface area contributed by atoms with Crippen molar-refractivity contribution in [1.82, 2.24) is 21.3 Å². The molecule has 0 fully saturated rings. The van der Waals surface area contributed by atoms with Gasteiger partial charge in [-0.2, -0.15) is 0 Å². The molecule has 4 amide bonds. The molecule has 6 aromatic carbocycles. The van der Waals surface area contributed by atoms with Gasteiger partial charge in [0.15, 0.2) is 11.6 Å². The van der Waals surface area contributed by atoms with Gasteiger partial charge in [0.05, 0.1) is 39.6 Å². The molecule has 7 rings (SSSR count). The Morgan fingerprint density at radius 3 is 0.959 bits per heavy atom. The first kappa shape index (κ1) is 127. The second kappa shape index (κ2) is 69.5. The average molecular weight is 2090 g/mol. The molecule has 4 N–H and O–H groups in total. The fraction of sp³-hybridized carbons (Fsp3) is 0.613. The third-order valence-electron chi connectivity index (χ3n) is 26.5. The van der Waals surface area contributed by atoms with E-state index >= 15 is 0 Å². The van der Waals surface area contributed by atoms with Crippen molar-refractivity contribution in [2.45, 2.75) is 412 Å². The van der Waals surface area contributed by atoms with E-state index in [0.29, 0.717) is 32.1 Å². The molecule has 0 bridgehead atoms. The van der Waals surface area contributed by atoms with Crippen molar-refractivity contribution in [2.24, 2.45) is 0 Å². The fourth-order valence-electron chi connectivity index (χ4n) is 19.0. The van der Waals surface area contributed by atoms with Crippen molar-refractivity contribution >= 4 is 88.8 Å². The number of benzene rings is 6. The van der Waals surface area contributed by atoms with Crippen LogP contribution >= 0.6 is 15.6 Å². The number of hydrogen-bond acceptors (Lipinski definition) is 19. The molecule has 6 atom stereocenters. The standard InChI is InChI=1S/C61H87N2O10PSi.C58H99N2O9PSi/c1-9-11-12-13-14-15-16-17-18-19-22-32-48(73-75(61(6,7)8,49-34-23-20-24-35-49)50-36-25-21-26-37-50)33-31-42-57(64)56(47-71-74(67,69-44-10-2)70-45-43-62-58(65)72-60(3,4)5)63-59(66)68-46-55-53-40-29-27-38-51(53)52-39-28-30-41-54(52)55;1-10-13-15-17-19-21-22-24-25-27-31-38-50(69-71(58(7,8)9,51-40-32-29-33-41-51)52-42-34-30-35-43-52)39-37-44-54(61)53(60-55(62)45-36-28-26-23-20-18-16-14-11-2)49-67-70(64,65-47-12-3)66-48-46-59-56(63)68-57(4,5)6/h10,20-21,23-30,34-41,48,55-56H,2,9,11-19,22,31-33,42-47H2,1,3-8H3,(H,62,65)(H,63,66);12,29-30,32-35,40-43,50,53H,3,10-11,13-28,31,36-39,44-49H2,1-2,4-9H3,(H,59,63)(H,60,62)/t48?,56-,74?;50?,53-,70?/m00/s1. The molecular weight excluding hydrogens is 1910 g/mol. The summed E-state index contributed by atoms with van der Waals surface area (Å²) in [6, 6.07) is 56.4. The van der Waals surface area contributed by atoms with Crippen LogP contribution in [-0.4, -0.2) is 147 Å². The first-order valence-corrected chi connectivity index (χ1v) is 62.0. The van der Waals surface area contributed by atoms with Crippen molar-refractivity contribution in [3.05, 3.63) is 206 Å². The number of amides is 4. The summed E-state index contributed by atoms with van der Waals surface area (Å²) in [5.74, 6) is -1.05. The highest BCUT2D eigenvalue weighted by Crippen LogP contribution is 2.51. The molecule has 23 nitrogen and oxygen atoms in total. The van der Waals surface area contributed by atoms with Crippen LogP contribution in [0.5, 0.6) is 0 Å². The van der Waals surface area contributed by atoms with Crippen LogP contribution in [0.3, 0.4) is 0 Å². The smallest absolute Gasteiger partial charge is 0.449 e. The van der Waals surface area contributed by atoms with Gasteiger partial charge in [0, 0.05) is 50.5 Å². The number of phosphoric ester groups is 2. The van der Waals surface area contributed by atoms with Crippen molar-refractivity contribution in [1.29, 1.82) is 0 Å². The Kier molecular flexibility index (Phi) is 60.3. The molecule has 0 aliphatic heterocycles. The van der Waals surface area contributed by atoms with Crippen molar-refractivity contribution in [3.8, 4) is 11.1 Å². The summed E-state index contributed by atoms with van der Waals surface area (Å²) in [5.41, 5.74) is 2.84. The summed E-state index contributed by atoms with van der Waals surface area (Å²) in [5, 5.41) is 15.2. The van der Waals surface area contributed by atoms with E-state index < -0.39 is 87.1 Å². The van der Waals surface area contributed by atoms with E-state index in [1.807, 2.05) is 48.5 Å². The molecule has 0 spiro atoms. The molecule has 1 aliphatic carbocycles. The molecular formula is C119H186N4O19P2Si2. The summed E-state index contributed by atoms with van der Waals surface area (Å²) in [4.78, 5) is 80.7. The zero-order valence-corrected chi connectivity index (χ0v) is 95.7. The average Bonchev–Trinajstić information content (AvgIpc) is 0.927. The topological polar surface area (TPSA) is 286 Å². The monoisotopic (exact) mass is 2090 g/mol. The molecule has 0 aromatic heterocycles. The largest absolute Gasteiger partial charge is 0.475 e. The summed E-state index contributed by atoms with van der Waals surface area (Å²) in [7, 11) is -14.5. The Hall–Kier alpha value is -8.01. The maximum Gasteiger partial charge on any atom is 0.475 e. The number of fused-ring (bicyclic) bond motifs is 3. The second-order valence-electron chi connectivity index (χ2n) is 43.1. The minimum atomic E-state index is -4.37. The van der Waals surface area contributed by atoms with Gasteiger partial charge in [-0.25, -0.2) is 23.5 Å². The molecule has 0 radical (unpaired) electrons. The van der Waals surface area contributed by atoms with E-state index in [1.54, 1.807) is 41.5 Å². The molecule has 6 aromatic rings. The minimum Gasteiger partial charge on any atom is -0.449 e. The van der Waals surface area contributed by atoms with E-state index in [0.717, 1.165) is 80.0 Å². The number of ketones is 2. The van der Waals surface area contributed by atoms with Crippen LogP contribution in [-0.2, 0) is 73.7 Å². The van der Waals surface area contributed by atoms with Crippen LogP contribution in [0.25, 0.3) is 11.1 Å². The van der Waals surface area contributed by atoms with Crippen molar-refractivity contribution in [3.63, 3.8) is 0 Å². The highest BCUT2D eigenvalue weighted by molar-refractivity contribution is 7.48. The molecule has 0 saturated heterocycles. The molecule has 0 saturated carbocycles.